The molecule has 98 valence electrons. The van der Waals surface area contributed by atoms with Gasteiger partial charge in [-0.05, 0) is 12.1 Å². The van der Waals surface area contributed by atoms with Gasteiger partial charge in [0.25, 0.3) is 0 Å². The molecule has 0 radical (unpaired) electrons. The van der Waals surface area contributed by atoms with Crippen LogP contribution in [0.5, 0.6) is 17.6 Å². The number of benzene rings is 1. The molecule has 0 fully saturated rings. The van der Waals surface area contributed by atoms with Crippen molar-refractivity contribution >= 4 is 5.97 Å². The second kappa shape index (κ2) is 5.30. The van der Waals surface area contributed by atoms with Gasteiger partial charge in [0.05, 0.1) is 7.11 Å². The number of carboxylic acids is 1. The zero-order chi connectivity index (χ0) is 13.8. The molecule has 19 heavy (non-hydrogen) atoms. The largest absolute Gasteiger partial charge is 0.481 e. The van der Waals surface area contributed by atoms with E-state index in [9.17, 15) is 9.18 Å². The number of halogens is 1. The van der Waals surface area contributed by atoms with E-state index < -0.39 is 17.3 Å². The second-order valence-corrected chi connectivity index (χ2v) is 3.40. The Balaban J connectivity index is 2.38. The zero-order valence-corrected chi connectivity index (χ0v) is 9.83. The van der Waals surface area contributed by atoms with Crippen LogP contribution in [0.2, 0.25) is 0 Å². The van der Waals surface area contributed by atoms with Gasteiger partial charge in [-0.25, -0.2) is 14.2 Å². The number of aromatic nitrogens is 2. The summed E-state index contributed by atoms with van der Waals surface area (Å²) in [4.78, 5) is 18.6. The lowest BCUT2D eigenvalue weighted by Crippen LogP contribution is -2.04. The summed E-state index contributed by atoms with van der Waals surface area (Å²) in [6, 6.07) is 5.04. The first kappa shape index (κ1) is 12.7. The molecule has 0 aliphatic heterocycles. The molecule has 0 aliphatic carbocycles. The number of rotatable bonds is 4. The Bertz CT molecular complexity index is 618. The van der Waals surface area contributed by atoms with Crippen LogP contribution in [0, 0.1) is 5.82 Å². The van der Waals surface area contributed by atoms with Gasteiger partial charge in [-0.15, -0.1) is 0 Å². The van der Waals surface area contributed by atoms with Gasteiger partial charge in [-0.3, -0.25) is 0 Å². The highest BCUT2D eigenvalue weighted by Gasteiger charge is 2.18. The Kier molecular flexibility index (Phi) is 3.56. The van der Waals surface area contributed by atoms with Crippen LogP contribution in [0.1, 0.15) is 10.4 Å². The van der Waals surface area contributed by atoms with Crippen molar-refractivity contribution in [2.75, 3.05) is 7.11 Å². The number of carboxylic acid groups (broad SMARTS) is 1. The summed E-state index contributed by atoms with van der Waals surface area (Å²) in [5, 5.41) is 8.94. The van der Waals surface area contributed by atoms with Gasteiger partial charge in [-0.2, -0.15) is 4.98 Å². The standard InChI is InChI=1S/C12H9FN2O4/c1-18-9-5-6-14-12(15-9)19-8-4-2-3-7(13)10(8)11(16)17/h2-6H,1H3,(H,16,17). The highest BCUT2D eigenvalue weighted by molar-refractivity contribution is 5.91. The van der Waals surface area contributed by atoms with Gasteiger partial charge >= 0.3 is 12.0 Å². The summed E-state index contributed by atoms with van der Waals surface area (Å²) < 4.78 is 23.5. The van der Waals surface area contributed by atoms with Crippen LogP contribution in [0.3, 0.4) is 0 Å². The van der Waals surface area contributed by atoms with Crippen LogP contribution in [-0.4, -0.2) is 28.2 Å². The highest BCUT2D eigenvalue weighted by atomic mass is 19.1. The summed E-state index contributed by atoms with van der Waals surface area (Å²) in [7, 11) is 1.41. The maximum Gasteiger partial charge on any atom is 0.342 e. The van der Waals surface area contributed by atoms with Gasteiger partial charge in [-0.1, -0.05) is 6.07 Å². The summed E-state index contributed by atoms with van der Waals surface area (Å²) in [6.07, 6.45) is 1.38. The minimum absolute atomic E-state index is 0.132. The first-order valence-corrected chi connectivity index (χ1v) is 5.18. The lowest BCUT2D eigenvalue weighted by atomic mass is 10.2. The zero-order valence-electron chi connectivity index (χ0n) is 9.83. The maximum atomic E-state index is 13.4. The third-order valence-corrected chi connectivity index (χ3v) is 2.21. The van der Waals surface area contributed by atoms with E-state index in [0.717, 1.165) is 6.07 Å². The van der Waals surface area contributed by atoms with Crippen LogP contribution >= 0.6 is 0 Å². The third kappa shape index (κ3) is 2.76. The second-order valence-electron chi connectivity index (χ2n) is 3.40. The Hall–Kier alpha value is -2.70. The van der Waals surface area contributed by atoms with Crippen LogP contribution in [0.4, 0.5) is 4.39 Å². The van der Waals surface area contributed by atoms with Gasteiger partial charge < -0.3 is 14.6 Å². The number of carbonyl (C=O) groups is 1. The quantitative estimate of drug-likeness (QED) is 0.910. The topological polar surface area (TPSA) is 81.5 Å². The molecule has 0 aliphatic rings. The van der Waals surface area contributed by atoms with Crippen molar-refractivity contribution in [3.63, 3.8) is 0 Å². The van der Waals surface area contributed by atoms with E-state index in [1.54, 1.807) is 0 Å². The molecule has 0 unspecified atom stereocenters. The Labute approximate surface area is 107 Å². The van der Waals surface area contributed by atoms with E-state index in [-0.39, 0.29) is 17.6 Å². The lowest BCUT2D eigenvalue weighted by molar-refractivity contribution is 0.0689. The van der Waals surface area contributed by atoms with Crippen molar-refractivity contribution in [1.82, 2.24) is 9.97 Å². The average molecular weight is 264 g/mol. The average Bonchev–Trinajstić information content (AvgIpc) is 2.38. The Morgan fingerprint density at radius 2 is 2.16 bits per heavy atom. The van der Waals surface area contributed by atoms with E-state index in [0.29, 0.717) is 0 Å². The smallest absolute Gasteiger partial charge is 0.342 e. The molecule has 6 nitrogen and oxygen atoms in total. The number of hydrogen-bond acceptors (Lipinski definition) is 5. The van der Waals surface area contributed by atoms with Crippen molar-refractivity contribution in [1.29, 1.82) is 0 Å². The molecule has 1 heterocycles. The van der Waals surface area contributed by atoms with Gasteiger partial charge in [0.15, 0.2) is 0 Å². The highest BCUT2D eigenvalue weighted by Crippen LogP contribution is 2.25. The number of methoxy groups -OCH3 is 1. The molecule has 1 aromatic carbocycles. The molecule has 1 aromatic heterocycles. The van der Waals surface area contributed by atoms with E-state index in [4.69, 9.17) is 14.6 Å². The Morgan fingerprint density at radius 1 is 1.37 bits per heavy atom. The molecule has 0 atom stereocenters. The van der Waals surface area contributed by atoms with Crippen molar-refractivity contribution < 1.29 is 23.8 Å². The molecule has 0 bridgehead atoms. The minimum Gasteiger partial charge on any atom is -0.481 e. The summed E-state index contributed by atoms with van der Waals surface area (Å²) >= 11 is 0. The minimum atomic E-state index is -1.43. The molecular formula is C12H9FN2O4. The number of ether oxygens (including phenoxy) is 2. The van der Waals surface area contributed by atoms with E-state index in [2.05, 4.69) is 9.97 Å². The Morgan fingerprint density at radius 3 is 2.84 bits per heavy atom. The molecule has 7 heteroatoms. The van der Waals surface area contributed by atoms with Gasteiger partial charge in [0.2, 0.25) is 5.88 Å². The van der Waals surface area contributed by atoms with E-state index in [1.807, 2.05) is 0 Å². The summed E-state index contributed by atoms with van der Waals surface area (Å²) in [5.74, 6) is -2.26. The summed E-state index contributed by atoms with van der Waals surface area (Å²) in [5.41, 5.74) is -0.575. The lowest BCUT2D eigenvalue weighted by Gasteiger charge is -2.08. The SMILES string of the molecule is COc1ccnc(Oc2cccc(F)c2C(=O)O)n1. The first-order valence-electron chi connectivity index (χ1n) is 5.18. The summed E-state index contributed by atoms with van der Waals surface area (Å²) in [6.45, 7) is 0. The molecular weight excluding hydrogens is 255 g/mol. The van der Waals surface area contributed by atoms with Crippen molar-refractivity contribution in [2.45, 2.75) is 0 Å². The molecule has 2 aromatic rings. The fourth-order valence-electron chi connectivity index (χ4n) is 1.38. The van der Waals surface area contributed by atoms with E-state index in [1.165, 1.54) is 31.5 Å². The maximum absolute atomic E-state index is 13.4. The molecule has 0 amide bonds. The van der Waals surface area contributed by atoms with Crippen LogP contribution in [0.15, 0.2) is 30.5 Å². The number of aromatic carboxylic acids is 1. The molecule has 0 saturated carbocycles. The normalized spacial score (nSPS) is 10.0. The van der Waals surface area contributed by atoms with Crippen molar-refractivity contribution in [2.24, 2.45) is 0 Å². The molecule has 2 rings (SSSR count). The fraction of sp³-hybridized carbons (Fsp3) is 0.0833. The third-order valence-electron chi connectivity index (χ3n) is 2.21. The van der Waals surface area contributed by atoms with Crippen LogP contribution in [-0.2, 0) is 0 Å². The monoisotopic (exact) mass is 264 g/mol. The molecule has 1 N–H and O–H groups in total. The van der Waals surface area contributed by atoms with Crippen LogP contribution in [0.25, 0.3) is 0 Å². The first-order chi connectivity index (χ1) is 9.11. The van der Waals surface area contributed by atoms with Crippen molar-refractivity contribution in [3.8, 4) is 17.6 Å². The fourth-order valence-corrected chi connectivity index (χ4v) is 1.38. The molecule has 0 spiro atoms. The van der Waals surface area contributed by atoms with Gasteiger partial charge in [0.1, 0.15) is 17.1 Å². The van der Waals surface area contributed by atoms with Crippen LogP contribution < -0.4 is 9.47 Å². The number of hydrogen-bond donors (Lipinski definition) is 1. The molecule has 0 saturated heterocycles. The predicted molar refractivity (Wildman–Crippen MR) is 62.0 cm³/mol. The van der Waals surface area contributed by atoms with E-state index >= 15 is 0 Å². The number of nitrogens with zero attached hydrogens (tertiary/aromatic N) is 2. The van der Waals surface area contributed by atoms with Gasteiger partial charge in [0, 0.05) is 12.3 Å². The van der Waals surface area contributed by atoms with Crippen molar-refractivity contribution in [3.05, 3.63) is 41.8 Å². The predicted octanol–water partition coefficient (Wildman–Crippen LogP) is 2.11.